The maximum atomic E-state index is 13.0. The van der Waals surface area contributed by atoms with Crippen molar-refractivity contribution in [3.05, 3.63) is 81.2 Å². The lowest BCUT2D eigenvalue weighted by Crippen LogP contribution is -2.29. The molecule has 7 heteroatoms. The molecule has 0 saturated carbocycles. The summed E-state index contributed by atoms with van der Waals surface area (Å²) in [7, 11) is 1.83. The minimum Gasteiger partial charge on any atom is -0.487 e. The van der Waals surface area contributed by atoms with Crippen molar-refractivity contribution in [2.24, 2.45) is 0 Å². The van der Waals surface area contributed by atoms with Crippen molar-refractivity contribution < 1.29 is 9.53 Å². The Morgan fingerprint density at radius 2 is 1.90 bits per heavy atom. The van der Waals surface area contributed by atoms with Crippen molar-refractivity contribution in [3.63, 3.8) is 0 Å². The molecule has 0 spiro atoms. The minimum absolute atomic E-state index is 0.0275. The molecule has 31 heavy (non-hydrogen) atoms. The number of hydrogen-bond donors (Lipinski definition) is 0. The molecule has 0 saturated heterocycles. The third-order valence-electron chi connectivity index (χ3n) is 5.44. The van der Waals surface area contributed by atoms with Crippen LogP contribution in [0.2, 0.25) is 0 Å². The number of pyridine rings is 1. The summed E-state index contributed by atoms with van der Waals surface area (Å²) in [4.78, 5) is 24.9. The van der Waals surface area contributed by atoms with Gasteiger partial charge in [-0.2, -0.15) is 0 Å². The molecule has 3 aromatic heterocycles. The number of carbonyl (C=O) groups excluding carboxylic acids is 1. The predicted octanol–water partition coefficient (Wildman–Crippen LogP) is 5.13. The van der Waals surface area contributed by atoms with Crippen molar-refractivity contribution in [1.82, 2.24) is 19.3 Å². The zero-order valence-electron chi connectivity index (χ0n) is 18.4. The molecule has 1 unspecified atom stereocenters. The summed E-state index contributed by atoms with van der Waals surface area (Å²) >= 11 is 1.64. The summed E-state index contributed by atoms with van der Waals surface area (Å²) in [5, 5.41) is 1.02. The van der Waals surface area contributed by atoms with E-state index in [0.717, 1.165) is 32.5 Å². The van der Waals surface area contributed by atoms with Gasteiger partial charge >= 0.3 is 0 Å². The topological polar surface area (TPSA) is 59.7 Å². The van der Waals surface area contributed by atoms with Gasteiger partial charge in [-0.05, 0) is 63.6 Å². The molecule has 0 N–H and O–H groups in total. The third kappa shape index (κ3) is 4.32. The van der Waals surface area contributed by atoms with E-state index < -0.39 is 0 Å². The first-order valence-corrected chi connectivity index (χ1v) is 11.0. The quantitative estimate of drug-likeness (QED) is 0.422. The van der Waals surface area contributed by atoms with E-state index in [2.05, 4.69) is 9.97 Å². The number of aryl methyl sites for hydroxylation is 3. The molecule has 4 aromatic rings. The number of aromatic nitrogens is 3. The summed E-state index contributed by atoms with van der Waals surface area (Å²) in [5.41, 5.74) is 4.53. The molecule has 4 rings (SSSR count). The van der Waals surface area contributed by atoms with Crippen LogP contribution in [-0.4, -0.2) is 32.2 Å². The molecule has 6 nitrogen and oxygen atoms in total. The fraction of sp³-hybridized carbons (Fsp3) is 0.292. The van der Waals surface area contributed by atoms with Crippen LogP contribution < -0.4 is 4.74 Å². The molecule has 1 aromatic carbocycles. The number of imidazole rings is 1. The highest BCUT2D eigenvalue weighted by molar-refractivity contribution is 7.11. The van der Waals surface area contributed by atoms with Gasteiger partial charge in [0.05, 0.1) is 22.4 Å². The third-order valence-corrected chi connectivity index (χ3v) is 6.68. The molecule has 160 valence electrons. The van der Waals surface area contributed by atoms with Crippen molar-refractivity contribution in [3.8, 4) is 5.75 Å². The van der Waals surface area contributed by atoms with E-state index in [4.69, 9.17) is 4.74 Å². The van der Waals surface area contributed by atoms with Gasteiger partial charge in [0, 0.05) is 29.9 Å². The molecule has 0 aliphatic carbocycles. The number of ether oxygens (including phenoxy) is 1. The minimum atomic E-state index is -0.0341. The largest absolute Gasteiger partial charge is 0.487 e. The van der Waals surface area contributed by atoms with Crippen molar-refractivity contribution >= 4 is 22.9 Å². The van der Waals surface area contributed by atoms with E-state index in [-0.39, 0.29) is 11.9 Å². The van der Waals surface area contributed by atoms with Gasteiger partial charge in [-0.25, -0.2) is 9.97 Å². The summed E-state index contributed by atoms with van der Waals surface area (Å²) < 4.78 is 7.88. The number of rotatable bonds is 6. The van der Waals surface area contributed by atoms with Crippen molar-refractivity contribution in [2.75, 3.05) is 7.05 Å². The van der Waals surface area contributed by atoms with E-state index in [1.807, 2.05) is 75.8 Å². The number of fused-ring (bicyclic) bond motifs is 1. The van der Waals surface area contributed by atoms with Gasteiger partial charge in [0.2, 0.25) is 0 Å². The van der Waals surface area contributed by atoms with Crippen LogP contribution in [0.5, 0.6) is 5.75 Å². The van der Waals surface area contributed by atoms with Crippen LogP contribution in [0.3, 0.4) is 0 Å². The molecule has 0 aliphatic rings. The first kappa shape index (κ1) is 21.1. The average molecular weight is 435 g/mol. The molecular formula is C24H26N4O2S. The van der Waals surface area contributed by atoms with Gasteiger partial charge in [0.15, 0.2) is 0 Å². The van der Waals surface area contributed by atoms with Crippen LogP contribution in [0.1, 0.15) is 50.2 Å². The van der Waals surface area contributed by atoms with Crippen LogP contribution in [0.25, 0.3) is 5.65 Å². The first-order valence-electron chi connectivity index (χ1n) is 10.2. The Hall–Kier alpha value is -3.19. The standard InChI is InChI=1S/C24H26N4O2S/c1-15-7-6-12-28-13-20(26-23(15)28)14-30-21-10-8-19(9-11-21)24(29)27(5)17(3)22-16(2)25-18(4)31-22/h6-13,17H,14H2,1-5H3. The monoisotopic (exact) mass is 434 g/mol. The van der Waals surface area contributed by atoms with E-state index in [1.165, 1.54) is 0 Å². The lowest BCUT2D eigenvalue weighted by molar-refractivity contribution is 0.0744. The van der Waals surface area contributed by atoms with E-state index in [0.29, 0.717) is 17.9 Å². The Morgan fingerprint density at radius 1 is 1.16 bits per heavy atom. The molecule has 1 atom stereocenters. The lowest BCUT2D eigenvalue weighted by Gasteiger charge is -2.24. The van der Waals surface area contributed by atoms with Crippen LogP contribution in [-0.2, 0) is 6.61 Å². The smallest absolute Gasteiger partial charge is 0.254 e. The first-order chi connectivity index (χ1) is 14.8. The highest BCUT2D eigenvalue weighted by Crippen LogP contribution is 2.29. The van der Waals surface area contributed by atoms with Crippen molar-refractivity contribution in [1.29, 1.82) is 0 Å². The average Bonchev–Trinajstić information content (AvgIpc) is 3.34. The number of thiazole rings is 1. The second-order valence-electron chi connectivity index (χ2n) is 7.74. The highest BCUT2D eigenvalue weighted by atomic mass is 32.1. The zero-order chi connectivity index (χ0) is 22.1. The summed E-state index contributed by atoms with van der Waals surface area (Å²) in [6.45, 7) is 8.42. The summed E-state index contributed by atoms with van der Waals surface area (Å²) in [6, 6.07) is 11.3. The Kier molecular flexibility index (Phi) is 5.78. The molecular weight excluding hydrogens is 408 g/mol. The Bertz CT molecular complexity index is 1230. The fourth-order valence-electron chi connectivity index (χ4n) is 3.62. The molecule has 0 radical (unpaired) electrons. The predicted molar refractivity (Wildman–Crippen MR) is 123 cm³/mol. The molecule has 1 amide bonds. The van der Waals surface area contributed by atoms with Crippen LogP contribution in [0, 0.1) is 20.8 Å². The van der Waals surface area contributed by atoms with E-state index in [1.54, 1.807) is 28.4 Å². The molecule has 0 aliphatic heterocycles. The zero-order valence-corrected chi connectivity index (χ0v) is 19.2. The van der Waals surface area contributed by atoms with Crippen LogP contribution >= 0.6 is 11.3 Å². The van der Waals surface area contributed by atoms with Gasteiger partial charge in [0.25, 0.3) is 5.91 Å². The van der Waals surface area contributed by atoms with Crippen LogP contribution in [0.4, 0.5) is 0 Å². The number of hydrogen-bond acceptors (Lipinski definition) is 5. The second-order valence-corrected chi connectivity index (χ2v) is 8.98. The van der Waals surface area contributed by atoms with Gasteiger partial charge in [0.1, 0.15) is 18.0 Å². The summed E-state index contributed by atoms with van der Waals surface area (Å²) in [5.74, 6) is 0.676. The van der Waals surface area contributed by atoms with Crippen LogP contribution in [0.15, 0.2) is 48.8 Å². The number of amides is 1. The molecule has 0 bridgehead atoms. The van der Waals surface area contributed by atoms with Crippen molar-refractivity contribution in [2.45, 2.75) is 40.3 Å². The number of carbonyl (C=O) groups is 1. The Balaban J connectivity index is 1.41. The Morgan fingerprint density at radius 3 is 2.55 bits per heavy atom. The normalized spacial score (nSPS) is 12.2. The maximum absolute atomic E-state index is 13.0. The fourth-order valence-corrected chi connectivity index (χ4v) is 4.64. The summed E-state index contributed by atoms with van der Waals surface area (Å²) in [6.07, 6.45) is 3.95. The Labute approximate surface area is 186 Å². The van der Waals surface area contributed by atoms with Gasteiger partial charge in [-0.1, -0.05) is 6.07 Å². The second kappa shape index (κ2) is 8.51. The SMILES string of the molecule is Cc1nc(C)c(C(C)N(C)C(=O)c2ccc(OCc3cn4cccc(C)c4n3)cc2)s1. The van der Waals surface area contributed by atoms with Gasteiger partial charge < -0.3 is 14.0 Å². The van der Waals surface area contributed by atoms with E-state index in [9.17, 15) is 4.79 Å². The van der Waals surface area contributed by atoms with Gasteiger partial charge in [-0.15, -0.1) is 11.3 Å². The lowest BCUT2D eigenvalue weighted by atomic mass is 10.1. The highest BCUT2D eigenvalue weighted by Gasteiger charge is 2.22. The maximum Gasteiger partial charge on any atom is 0.254 e. The van der Waals surface area contributed by atoms with Gasteiger partial charge in [-0.3, -0.25) is 4.79 Å². The number of nitrogens with zero attached hydrogens (tertiary/aromatic N) is 4. The molecule has 0 fully saturated rings. The number of benzene rings is 1. The molecule has 3 heterocycles. The van der Waals surface area contributed by atoms with E-state index >= 15 is 0 Å².